The lowest BCUT2D eigenvalue weighted by Gasteiger charge is -2.36. The molecule has 2 aromatic carbocycles. The summed E-state index contributed by atoms with van der Waals surface area (Å²) in [5.74, 6) is 1.03. The van der Waals surface area contributed by atoms with Crippen LogP contribution in [0.5, 0.6) is 5.75 Å². The van der Waals surface area contributed by atoms with Gasteiger partial charge in [0, 0.05) is 23.0 Å². The lowest BCUT2D eigenvalue weighted by Crippen LogP contribution is -2.43. The summed E-state index contributed by atoms with van der Waals surface area (Å²) < 4.78 is 6.52. The summed E-state index contributed by atoms with van der Waals surface area (Å²) in [4.78, 5) is 3.54. The molecule has 140 valence electrons. The van der Waals surface area contributed by atoms with Gasteiger partial charge in [-0.05, 0) is 65.9 Å². The van der Waals surface area contributed by atoms with E-state index in [0.29, 0.717) is 0 Å². The number of hydrogen-bond donors (Lipinski definition) is 1. The molecule has 4 rings (SSSR count). The van der Waals surface area contributed by atoms with E-state index in [1.54, 1.807) is 0 Å². The molecule has 0 saturated carbocycles. The first kappa shape index (κ1) is 18.1. The van der Waals surface area contributed by atoms with Crippen molar-refractivity contribution in [3.05, 3.63) is 65.9 Å². The van der Waals surface area contributed by atoms with Gasteiger partial charge in [0.1, 0.15) is 5.75 Å². The van der Waals surface area contributed by atoms with E-state index in [2.05, 4.69) is 93.6 Å². The Morgan fingerprint density at radius 1 is 0.926 bits per heavy atom. The van der Waals surface area contributed by atoms with E-state index in [-0.39, 0.29) is 5.04 Å². The molecule has 0 atom stereocenters. The quantitative estimate of drug-likeness (QED) is 0.499. The van der Waals surface area contributed by atoms with Crippen molar-refractivity contribution in [1.29, 1.82) is 0 Å². The number of aryl methyl sites for hydroxylation is 1. The van der Waals surface area contributed by atoms with Gasteiger partial charge in [-0.1, -0.05) is 51.1 Å². The van der Waals surface area contributed by atoms with Gasteiger partial charge in [0.15, 0.2) is 0 Å². The number of fused-ring (bicyclic) bond motifs is 3. The van der Waals surface area contributed by atoms with Crippen LogP contribution in [0.2, 0.25) is 18.1 Å². The Morgan fingerprint density at radius 3 is 2.37 bits per heavy atom. The number of nitrogens with one attached hydrogen (secondary N) is 1. The van der Waals surface area contributed by atoms with Gasteiger partial charge < -0.3 is 9.41 Å². The van der Waals surface area contributed by atoms with Gasteiger partial charge in [-0.2, -0.15) is 0 Å². The highest BCUT2D eigenvalue weighted by atomic mass is 28.4. The smallest absolute Gasteiger partial charge is 0.250 e. The normalized spacial score (nSPS) is 13.8. The summed E-state index contributed by atoms with van der Waals surface area (Å²) in [5, 5.41) is 0.208. The molecule has 0 amide bonds. The van der Waals surface area contributed by atoms with E-state index in [9.17, 15) is 0 Å². The molecular formula is C24H29NOSi. The Balaban J connectivity index is 1.68. The standard InChI is InChI=1S/C24H29NOSi/c1-24(2,3)27(4,5)26-19-12-14-20-18(15-19)11-13-21-22(16-25-23(20)21)17-9-7-6-8-10-17/h6-10,12,14-16,25H,11,13H2,1-5H3. The summed E-state index contributed by atoms with van der Waals surface area (Å²) in [5.41, 5.74) is 8.04. The minimum atomic E-state index is -1.81. The Morgan fingerprint density at radius 2 is 1.67 bits per heavy atom. The van der Waals surface area contributed by atoms with Gasteiger partial charge in [0.05, 0.1) is 0 Å². The molecule has 0 saturated heterocycles. The van der Waals surface area contributed by atoms with Gasteiger partial charge >= 0.3 is 0 Å². The molecule has 27 heavy (non-hydrogen) atoms. The lowest BCUT2D eigenvalue weighted by atomic mass is 9.87. The van der Waals surface area contributed by atoms with Crippen LogP contribution in [0.3, 0.4) is 0 Å². The van der Waals surface area contributed by atoms with Gasteiger partial charge in [-0.3, -0.25) is 0 Å². The first-order chi connectivity index (χ1) is 12.8. The average Bonchev–Trinajstić information content (AvgIpc) is 3.05. The zero-order chi connectivity index (χ0) is 19.2. The van der Waals surface area contributed by atoms with E-state index < -0.39 is 8.32 Å². The molecule has 1 aromatic heterocycles. The second-order valence-electron chi connectivity index (χ2n) is 9.10. The third kappa shape index (κ3) is 3.25. The molecular weight excluding hydrogens is 346 g/mol. The van der Waals surface area contributed by atoms with E-state index in [1.807, 2.05) is 0 Å². The number of aromatic nitrogens is 1. The van der Waals surface area contributed by atoms with Crippen LogP contribution in [0.15, 0.2) is 54.7 Å². The molecule has 1 heterocycles. The third-order valence-electron chi connectivity index (χ3n) is 6.24. The maximum atomic E-state index is 6.52. The zero-order valence-corrected chi connectivity index (χ0v) is 18.0. The molecule has 2 nitrogen and oxygen atoms in total. The number of benzene rings is 2. The van der Waals surface area contributed by atoms with Crippen molar-refractivity contribution in [3.63, 3.8) is 0 Å². The molecule has 0 aliphatic heterocycles. The number of aromatic amines is 1. The summed E-state index contributed by atoms with van der Waals surface area (Å²) >= 11 is 0. The molecule has 1 aliphatic carbocycles. The Hall–Kier alpha value is -2.26. The zero-order valence-electron chi connectivity index (χ0n) is 17.0. The van der Waals surface area contributed by atoms with Gasteiger partial charge in [0.25, 0.3) is 0 Å². The summed E-state index contributed by atoms with van der Waals surface area (Å²) in [6.45, 7) is 11.5. The van der Waals surface area contributed by atoms with E-state index in [1.165, 1.54) is 33.5 Å². The second-order valence-corrected chi connectivity index (χ2v) is 13.8. The fourth-order valence-corrected chi connectivity index (χ4v) is 4.64. The Kier molecular flexibility index (Phi) is 4.30. The summed E-state index contributed by atoms with van der Waals surface area (Å²) in [7, 11) is -1.81. The van der Waals surface area contributed by atoms with Gasteiger partial charge in [-0.15, -0.1) is 0 Å². The topological polar surface area (TPSA) is 25.0 Å². The molecule has 0 unspecified atom stereocenters. The highest BCUT2D eigenvalue weighted by Crippen LogP contribution is 2.41. The predicted octanol–water partition coefficient (Wildman–Crippen LogP) is 6.83. The van der Waals surface area contributed by atoms with Crippen LogP contribution in [-0.4, -0.2) is 13.3 Å². The Labute approximate surface area is 163 Å². The molecule has 3 aromatic rings. The van der Waals surface area contributed by atoms with Crippen molar-refractivity contribution in [1.82, 2.24) is 4.98 Å². The van der Waals surface area contributed by atoms with E-state index in [4.69, 9.17) is 4.43 Å². The van der Waals surface area contributed by atoms with Crippen LogP contribution in [0.4, 0.5) is 0 Å². The maximum absolute atomic E-state index is 6.52. The second kappa shape index (κ2) is 6.41. The van der Waals surface area contributed by atoms with Crippen molar-refractivity contribution in [2.24, 2.45) is 0 Å². The number of H-pyrrole nitrogens is 1. The molecule has 1 aliphatic rings. The third-order valence-corrected chi connectivity index (χ3v) is 10.6. The fraction of sp³-hybridized carbons (Fsp3) is 0.333. The van der Waals surface area contributed by atoms with Crippen LogP contribution >= 0.6 is 0 Å². The molecule has 0 radical (unpaired) electrons. The minimum absolute atomic E-state index is 0.208. The first-order valence-electron chi connectivity index (χ1n) is 9.84. The van der Waals surface area contributed by atoms with Crippen LogP contribution < -0.4 is 4.43 Å². The van der Waals surface area contributed by atoms with Crippen molar-refractivity contribution in [2.75, 3.05) is 0 Å². The Bertz CT molecular complexity index is 964. The molecule has 1 N–H and O–H groups in total. The molecule has 3 heteroatoms. The van der Waals surface area contributed by atoms with Crippen LogP contribution in [-0.2, 0) is 12.8 Å². The van der Waals surface area contributed by atoms with Crippen LogP contribution in [0.25, 0.3) is 22.4 Å². The number of rotatable bonds is 3. The van der Waals surface area contributed by atoms with Gasteiger partial charge in [-0.25, -0.2) is 0 Å². The average molecular weight is 376 g/mol. The van der Waals surface area contributed by atoms with Gasteiger partial charge in [0.2, 0.25) is 8.32 Å². The lowest BCUT2D eigenvalue weighted by molar-refractivity contribution is 0.491. The first-order valence-corrected chi connectivity index (χ1v) is 12.7. The number of hydrogen-bond acceptors (Lipinski definition) is 1. The predicted molar refractivity (Wildman–Crippen MR) is 117 cm³/mol. The highest BCUT2D eigenvalue weighted by Gasteiger charge is 2.39. The van der Waals surface area contributed by atoms with E-state index in [0.717, 1.165) is 18.6 Å². The molecule has 0 fully saturated rings. The summed E-state index contributed by atoms with van der Waals surface area (Å²) in [6, 6.07) is 17.3. The summed E-state index contributed by atoms with van der Waals surface area (Å²) in [6.07, 6.45) is 4.30. The van der Waals surface area contributed by atoms with Crippen LogP contribution in [0.1, 0.15) is 31.9 Å². The SMILES string of the molecule is CC(C)(C)[Si](C)(C)Oc1ccc2c(c1)CCc1c(-c3ccccc3)c[nH]c1-2. The monoisotopic (exact) mass is 375 g/mol. The van der Waals surface area contributed by atoms with Crippen molar-refractivity contribution < 1.29 is 4.43 Å². The minimum Gasteiger partial charge on any atom is -0.543 e. The van der Waals surface area contributed by atoms with E-state index >= 15 is 0 Å². The molecule has 0 bridgehead atoms. The van der Waals surface area contributed by atoms with Crippen LogP contribution in [0, 0.1) is 0 Å². The fourth-order valence-electron chi connectivity index (χ4n) is 3.62. The highest BCUT2D eigenvalue weighted by molar-refractivity contribution is 6.74. The molecule has 0 spiro atoms. The van der Waals surface area contributed by atoms with Crippen molar-refractivity contribution >= 4 is 8.32 Å². The van der Waals surface area contributed by atoms with Crippen molar-refractivity contribution in [2.45, 2.75) is 51.7 Å². The van der Waals surface area contributed by atoms with Crippen molar-refractivity contribution in [3.8, 4) is 28.1 Å². The maximum Gasteiger partial charge on any atom is 0.250 e. The largest absolute Gasteiger partial charge is 0.543 e.